The average Bonchev–Trinajstić information content (AvgIpc) is 2.54. The number of nitrogens with zero attached hydrogens (tertiary/aromatic N) is 2. The smallest absolute Gasteiger partial charge is 0.318 e. The Kier molecular flexibility index (Phi) is 7.37. The number of hydrogen-bond donors (Lipinski definition) is 1. The number of carboxylic acid groups (broad SMARTS) is 1. The number of morpholine rings is 1. The number of carbonyl (C=O) groups is 1. The van der Waals surface area contributed by atoms with Gasteiger partial charge in [-0.15, -0.1) is 0 Å². The lowest BCUT2D eigenvalue weighted by molar-refractivity contribution is -0.137. The monoisotopic (exact) mass is 370 g/mol. The first kappa shape index (κ1) is 19.8. The van der Waals surface area contributed by atoms with E-state index in [9.17, 15) is 13.2 Å². The van der Waals surface area contributed by atoms with Gasteiger partial charge in [-0.2, -0.15) is 4.31 Å². The van der Waals surface area contributed by atoms with Crippen LogP contribution in [0.15, 0.2) is 30.3 Å². The number of ether oxygens (including phenoxy) is 1. The molecule has 1 fully saturated rings. The van der Waals surface area contributed by atoms with Gasteiger partial charge in [0.25, 0.3) is 0 Å². The van der Waals surface area contributed by atoms with Crippen LogP contribution in [0.4, 0.5) is 0 Å². The van der Waals surface area contributed by atoms with Crippen molar-refractivity contribution in [1.29, 1.82) is 0 Å². The van der Waals surface area contributed by atoms with Gasteiger partial charge in [0.2, 0.25) is 10.0 Å². The molecule has 1 aromatic rings. The number of sulfonamides is 1. The van der Waals surface area contributed by atoms with Crippen LogP contribution < -0.4 is 0 Å². The molecule has 1 heterocycles. The summed E-state index contributed by atoms with van der Waals surface area (Å²) >= 11 is 0. The molecule has 1 aromatic carbocycles. The zero-order valence-electron chi connectivity index (χ0n) is 14.5. The lowest BCUT2D eigenvalue weighted by Gasteiger charge is -2.34. The molecular weight excluding hydrogens is 344 g/mol. The van der Waals surface area contributed by atoms with Crippen molar-refractivity contribution < 1.29 is 23.1 Å². The first-order valence-electron chi connectivity index (χ1n) is 8.39. The summed E-state index contributed by atoms with van der Waals surface area (Å²) in [6.45, 7) is 2.39. The number of carboxylic acids is 1. The second-order valence-corrected chi connectivity index (χ2v) is 8.31. The quantitative estimate of drug-likeness (QED) is 0.687. The molecule has 25 heavy (non-hydrogen) atoms. The van der Waals surface area contributed by atoms with Gasteiger partial charge in [0.05, 0.1) is 19.0 Å². The van der Waals surface area contributed by atoms with Crippen molar-refractivity contribution in [1.82, 2.24) is 9.21 Å². The summed E-state index contributed by atoms with van der Waals surface area (Å²) in [6.07, 6.45) is 2.73. The SMILES string of the molecule is CS(=O)(=O)N(CC(=O)O)CC1CN(CCCc2ccccc2)CCO1. The summed E-state index contributed by atoms with van der Waals surface area (Å²) in [5.41, 5.74) is 1.30. The minimum absolute atomic E-state index is 0.0698. The predicted octanol–water partition coefficient (Wildman–Crippen LogP) is 0.666. The van der Waals surface area contributed by atoms with E-state index >= 15 is 0 Å². The van der Waals surface area contributed by atoms with Crippen LogP contribution in [0.1, 0.15) is 12.0 Å². The Balaban J connectivity index is 1.82. The number of hydrogen-bond acceptors (Lipinski definition) is 5. The van der Waals surface area contributed by atoms with E-state index in [2.05, 4.69) is 17.0 Å². The van der Waals surface area contributed by atoms with Gasteiger partial charge in [0.15, 0.2) is 0 Å². The number of rotatable bonds is 9. The zero-order valence-corrected chi connectivity index (χ0v) is 15.3. The van der Waals surface area contributed by atoms with E-state index in [0.717, 1.165) is 36.5 Å². The Morgan fingerprint density at radius 1 is 1.36 bits per heavy atom. The fourth-order valence-corrected chi connectivity index (χ4v) is 3.72. The van der Waals surface area contributed by atoms with E-state index in [1.807, 2.05) is 18.2 Å². The molecule has 0 spiro atoms. The fourth-order valence-electron chi connectivity index (χ4n) is 2.94. The maximum absolute atomic E-state index is 11.7. The second kappa shape index (κ2) is 9.28. The van der Waals surface area contributed by atoms with Crippen molar-refractivity contribution in [2.45, 2.75) is 18.9 Å². The van der Waals surface area contributed by atoms with E-state index < -0.39 is 22.5 Å². The van der Waals surface area contributed by atoms with Crippen LogP contribution in [-0.2, 0) is 26.0 Å². The third kappa shape index (κ3) is 7.11. The molecule has 0 aromatic heterocycles. The van der Waals surface area contributed by atoms with Crippen molar-refractivity contribution >= 4 is 16.0 Å². The third-order valence-corrected chi connectivity index (χ3v) is 5.41. The van der Waals surface area contributed by atoms with E-state index in [-0.39, 0.29) is 12.6 Å². The third-order valence-electron chi connectivity index (χ3n) is 4.19. The van der Waals surface area contributed by atoms with Crippen LogP contribution >= 0.6 is 0 Å². The zero-order chi connectivity index (χ0) is 18.3. The van der Waals surface area contributed by atoms with E-state index in [4.69, 9.17) is 9.84 Å². The highest BCUT2D eigenvalue weighted by Gasteiger charge is 2.27. The average molecular weight is 370 g/mol. The fraction of sp³-hybridized carbons (Fsp3) is 0.588. The van der Waals surface area contributed by atoms with Gasteiger partial charge in [-0.3, -0.25) is 9.69 Å². The standard InChI is InChI=1S/C17H26N2O5S/c1-25(22,23)19(14-17(20)21)13-16-12-18(10-11-24-16)9-5-8-15-6-3-2-4-7-15/h2-4,6-7,16H,5,8-14H2,1H3,(H,20,21). The molecule has 8 heteroatoms. The van der Waals surface area contributed by atoms with Gasteiger partial charge in [-0.25, -0.2) is 8.42 Å². The minimum Gasteiger partial charge on any atom is -0.480 e. The van der Waals surface area contributed by atoms with Crippen LogP contribution in [-0.4, -0.2) is 80.4 Å². The Hall–Kier alpha value is -1.48. The van der Waals surface area contributed by atoms with Gasteiger partial charge in [0, 0.05) is 19.6 Å². The van der Waals surface area contributed by atoms with Crippen LogP contribution in [0.5, 0.6) is 0 Å². The van der Waals surface area contributed by atoms with Gasteiger partial charge in [-0.05, 0) is 24.9 Å². The molecule has 0 aliphatic carbocycles. The maximum Gasteiger partial charge on any atom is 0.318 e. The molecule has 1 N–H and O–H groups in total. The van der Waals surface area contributed by atoms with Crippen molar-refractivity contribution in [3.63, 3.8) is 0 Å². The van der Waals surface area contributed by atoms with Crippen LogP contribution in [0.2, 0.25) is 0 Å². The topological polar surface area (TPSA) is 87.2 Å². The van der Waals surface area contributed by atoms with Crippen LogP contribution in [0, 0.1) is 0 Å². The molecular formula is C17H26N2O5S. The van der Waals surface area contributed by atoms with E-state index in [1.165, 1.54) is 5.56 Å². The van der Waals surface area contributed by atoms with E-state index in [0.29, 0.717) is 13.2 Å². The number of benzene rings is 1. The minimum atomic E-state index is -3.58. The lowest BCUT2D eigenvalue weighted by Crippen LogP contribution is -2.49. The summed E-state index contributed by atoms with van der Waals surface area (Å²) in [5, 5.41) is 8.90. The Morgan fingerprint density at radius 3 is 2.72 bits per heavy atom. The van der Waals surface area contributed by atoms with Gasteiger partial charge in [-0.1, -0.05) is 30.3 Å². The highest BCUT2D eigenvalue weighted by Crippen LogP contribution is 2.11. The maximum atomic E-state index is 11.7. The molecule has 1 aliphatic rings. The van der Waals surface area contributed by atoms with Crippen LogP contribution in [0.25, 0.3) is 0 Å². The van der Waals surface area contributed by atoms with Gasteiger partial charge >= 0.3 is 5.97 Å². The first-order chi connectivity index (χ1) is 11.8. The molecule has 7 nitrogen and oxygen atoms in total. The highest BCUT2D eigenvalue weighted by atomic mass is 32.2. The van der Waals surface area contributed by atoms with Crippen molar-refractivity contribution in [2.75, 3.05) is 45.6 Å². The largest absolute Gasteiger partial charge is 0.480 e. The molecule has 0 bridgehead atoms. The Morgan fingerprint density at radius 2 is 2.08 bits per heavy atom. The second-order valence-electron chi connectivity index (χ2n) is 6.33. The van der Waals surface area contributed by atoms with Crippen molar-refractivity contribution in [3.8, 4) is 0 Å². The molecule has 0 saturated carbocycles. The molecule has 1 saturated heterocycles. The summed E-state index contributed by atoms with van der Waals surface area (Å²) in [5.74, 6) is -1.17. The highest BCUT2D eigenvalue weighted by molar-refractivity contribution is 7.88. The molecule has 1 atom stereocenters. The summed E-state index contributed by atoms with van der Waals surface area (Å²) in [6, 6.07) is 10.3. The van der Waals surface area contributed by atoms with Crippen molar-refractivity contribution in [3.05, 3.63) is 35.9 Å². The summed E-state index contributed by atoms with van der Waals surface area (Å²) in [4.78, 5) is 13.1. The predicted molar refractivity (Wildman–Crippen MR) is 95.0 cm³/mol. The van der Waals surface area contributed by atoms with Crippen LogP contribution in [0.3, 0.4) is 0 Å². The van der Waals surface area contributed by atoms with Gasteiger partial charge in [0.1, 0.15) is 6.54 Å². The molecule has 140 valence electrons. The molecule has 0 radical (unpaired) electrons. The van der Waals surface area contributed by atoms with Crippen molar-refractivity contribution in [2.24, 2.45) is 0 Å². The molecule has 2 rings (SSSR count). The first-order valence-corrected chi connectivity index (χ1v) is 10.2. The summed E-state index contributed by atoms with van der Waals surface area (Å²) in [7, 11) is -3.58. The Labute approximate surface area is 149 Å². The Bertz CT molecular complexity index is 650. The summed E-state index contributed by atoms with van der Waals surface area (Å²) < 4.78 is 30.1. The molecule has 1 unspecified atom stereocenters. The molecule has 0 amide bonds. The van der Waals surface area contributed by atoms with E-state index in [1.54, 1.807) is 0 Å². The number of aliphatic carboxylic acids is 1. The molecule has 1 aliphatic heterocycles. The number of aryl methyl sites for hydroxylation is 1. The van der Waals surface area contributed by atoms with Gasteiger partial charge < -0.3 is 9.84 Å². The normalized spacial score (nSPS) is 19.2. The lowest BCUT2D eigenvalue weighted by atomic mass is 10.1.